The summed E-state index contributed by atoms with van der Waals surface area (Å²) in [6, 6.07) is -0.107. The minimum Gasteiger partial charge on any atom is -0.446 e. The van der Waals surface area contributed by atoms with Crippen LogP contribution in [0.5, 0.6) is 0 Å². The van der Waals surface area contributed by atoms with E-state index in [1.807, 2.05) is 34.6 Å². The quantitative estimate of drug-likeness (QED) is 0.724. The number of rotatable bonds is 3. The van der Waals surface area contributed by atoms with E-state index >= 15 is 0 Å². The van der Waals surface area contributed by atoms with Crippen LogP contribution in [-0.2, 0) is 9.47 Å². The Morgan fingerprint density at radius 3 is 2.27 bits per heavy atom. The molecule has 5 fully saturated rings. The largest absolute Gasteiger partial charge is 0.446 e. The van der Waals surface area contributed by atoms with Crippen LogP contribution in [0.3, 0.4) is 0 Å². The first-order valence-electron chi connectivity index (χ1n) is 11.5. The van der Waals surface area contributed by atoms with Gasteiger partial charge in [-0.05, 0) is 96.3 Å². The van der Waals surface area contributed by atoms with Gasteiger partial charge in [-0.2, -0.15) is 0 Å². The molecule has 30 heavy (non-hydrogen) atoms. The molecule has 4 aliphatic carbocycles. The molecule has 7 nitrogen and oxygen atoms in total. The fraction of sp³-hybridized carbons (Fsp3) is 0.913. The van der Waals surface area contributed by atoms with E-state index in [1.54, 1.807) is 4.90 Å². The van der Waals surface area contributed by atoms with Crippen LogP contribution in [0.2, 0.25) is 0 Å². The first kappa shape index (κ1) is 21.7. The molecule has 4 bridgehead atoms. The number of hydrogen-bond donors (Lipinski definition) is 2. The second-order valence-corrected chi connectivity index (χ2v) is 11.7. The van der Waals surface area contributed by atoms with E-state index in [1.165, 1.54) is 0 Å². The highest BCUT2D eigenvalue weighted by molar-refractivity contribution is 5.70. The van der Waals surface area contributed by atoms with Gasteiger partial charge in [0.1, 0.15) is 11.7 Å². The lowest BCUT2D eigenvalue weighted by molar-refractivity contribution is -0.200. The molecule has 3 unspecified atom stereocenters. The molecule has 6 atom stereocenters. The zero-order valence-electron chi connectivity index (χ0n) is 19.1. The van der Waals surface area contributed by atoms with Gasteiger partial charge in [-0.25, -0.2) is 9.59 Å². The molecule has 0 spiro atoms. The van der Waals surface area contributed by atoms with E-state index in [2.05, 4.69) is 5.32 Å². The van der Waals surface area contributed by atoms with E-state index in [0.29, 0.717) is 37.3 Å². The number of likely N-dealkylation sites (tertiary alicyclic amines) is 1. The van der Waals surface area contributed by atoms with Crippen molar-refractivity contribution in [1.82, 2.24) is 10.2 Å². The summed E-state index contributed by atoms with van der Waals surface area (Å²) in [5, 5.41) is 13.7. The Morgan fingerprint density at radius 2 is 1.70 bits per heavy atom. The molecule has 0 radical (unpaired) electrons. The Bertz CT molecular complexity index is 679. The van der Waals surface area contributed by atoms with Crippen molar-refractivity contribution in [3.63, 3.8) is 0 Å². The highest BCUT2D eigenvalue weighted by Crippen LogP contribution is 2.64. The predicted octanol–water partition coefficient (Wildman–Crippen LogP) is 3.69. The van der Waals surface area contributed by atoms with Crippen LogP contribution in [0.1, 0.15) is 73.1 Å². The molecule has 7 heteroatoms. The van der Waals surface area contributed by atoms with Crippen molar-refractivity contribution in [2.75, 3.05) is 13.1 Å². The Labute approximate surface area is 179 Å². The third kappa shape index (κ3) is 4.14. The minimum atomic E-state index is -0.687. The van der Waals surface area contributed by atoms with Crippen molar-refractivity contribution in [2.45, 2.75) is 96.5 Å². The first-order chi connectivity index (χ1) is 13.9. The van der Waals surface area contributed by atoms with Crippen molar-refractivity contribution < 1.29 is 24.2 Å². The van der Waals surface area contributed by atoms with E-state index in [0.717, 1.165) is 32.1 Å². The zero-order valence-corrected chi connectivity index (χ0v) is 19.1. The molecule has 0 aromatic rings. The average Bonchev–Trinajstić information content (AvgIpc) is 3.03. The van der Waals surface area contributed by atoms with Gasteiger partial charge in [-0.3, -0.25) is 0 Å². The van der Waals surface area contributed by atoms with Gasteiger partial charge in [0, 0.05) is 13.1 Å². The van der Waals surface area contributed by atoms with E-state index in [-0.39, 0.29) is 23.7 Å². The average molecular weight is 423 g/mol. The van der Waals surface area contributed by atoms with E-state index in [9.17, 15) is 14.7 Å². The highest BCUT2D eigenvalue weighted by atomic mass is 16.6. The predicted molar refractivity (Wildman–Crippen MR) is 112 cm³/mol. The summed E-state index contributed by atoms with van der Waals surface area (Å²) in [7, 11) is 0. The van der Waals surface area contributed by atoms with Gasteiger partial charge >= 0.3 is 12.2 Å². The van der Waals surface area contributed by atoms with Gasteiger partial charge < -0.3 is 24.8 Å². The number of hydrogen-bond acceptors (Lipinski definition) is 5. The number of nitrogens with one attached hydrogen (secondary N) is 1. The van der Waals surface area contributed by atoms with Crippen molar-refractivity contribution in [1.29, 1.82) is 0 Å². The van der Waals surface area contributed by atoms with Gasteiger partial charge in [-0.15, -0.1) is 0 Å². The van der Waals surface area contributed by atoms with Crippen LogP contribution in [0.25, 0.3) is 0 Å². The normalized spacial score (nSPS) is 37.9. The van der Waals surface area contributed by atoms with Crippen molar-refractivity contribution in [3.8, 4) is 0 Å². The Hall–Kier alpha value is -1.50. The van der Waals surface area contributed by atoms with Crippen LogP contribution >= 0.6 is 0 Å². The number of carbonyl (C=O) groups is 2. The molecule has 0 aromatic carbocycles. The number of aliphatic hydroxyl groups is 1. The molecule has 5 aliphatic rings. The second-order valence-electron chi connectivity index (χ2n) is 11.7. The van der Waals surface area contributed by atoms with Crippen LogP contribution in [0.15, 0.2) is 0 Å². The maximum Gasteiger partial charge on any atom is 0.410 e. The van der Waals surface area contributed by atoms with Crippen molar-refractivity contribution in [2.24, 2.45) is 23.2 Å². The smallest absolute Gasteiger partial charge is 0.410 e. The molecular weight excluding hydrogens is 384 g/mol. The molecular formula is C23H38N2O5. The molecule has 170 valence electrons. The maximum absolute atomic E-state index is 12.9. The monoisotopic (exact) mass is 422 g/mol. The number of amides is 2. The lowest BCUT2D eigenvalue weighted by Gasteiger charge is -2.62. The molecule has 1 aliphatic heterocycles. The fourth-order valence-electron chi connectivity index (χ4n) is 6.63. The van der Waals surface area contributed by atoms with Crippen LogP contribution < -0.4 is 5.32 Å². The highest BCUT2D eigenvalue weighted by Gasteiger charge is 2.61. The standard InChI is InChI=1S/C23H38N2O5/c1-21(2,3)30-19(26)24-17-6-7-25(13-17)20(27)29-18-15-8-14-9-16(18)12-23(10-14,11-15)22(4,5)28/h14-18,28H,6-13H2,1-5H3,(H,24,26)/t14?,15-,16?,17-,18?,23+/m1/s1. The molecule has 1 saturated heterocycles. The molecule has 2 amide bonds. The summed E-state index contributed by atoms with van der Waals surface area (Å²) in [6.45, 7) is 10.4. The lowest BCUT2D eigenvalue weighted by atomic mass is 9.45. The summed E-state index contributed by atoms with van der Waals surface area (Å²) >= 11 is 0. The SMILES string of the molecule is CC(C)(C)OC(=O)N[C@@H]1CCN(C(=O)OC2C3CC4C[C@@H]2C[C@@](C(C)(C)O)(C4)C3)C1. The number of alkyl carbamates (subject to hydrolysis) is 1. The number of nitrogens with zero attached hydrogens (tertiary/aromatic N) is 1. The van der Waals surface area contributed by atoms with Crippen LogP contribution in [0, 0.1) is 23.2 Å². The molecule has 2 N–H and O–H groups in total. The van der Waals surface area contributed by atoms with Gasteiger partial charge in [-0.1, -0.05) is 0 Å². The van der Waals surface area contributed by atoms with E-state index in [4.69, 9.17) is 9.47 Å². The Kier molecular flexibility index (Phi) is 5.27. The first-order valence-corrected chi connectivity index (χ1v) is 11.5. The Balaban J connectivity index is 1.32. The Morgan fingerprint density at radius 1 is 1.07 bits per heavy atom. The summed E-state index contributed by atoms with van der Waals surface area (Å²) in [4.78, 5) is 26.6. The summed E-state index contributed by atoms with van der Waals surface area (Å²) in [6.07, 6.45) is 5.17. The maximum atomic E-state index is 12.9. The minimum absolute atomic E-state index is 0.0253. The van der Waals surface area contributed by atoms with Crippen molar-refractivity contribution in [3.05, 3.63) is 0 Å². The summed E-state index contributed by atoms with van der Waals surface area (Å²) in [5.74, 6) is 1.35. The van der Waals surface area contributed by atoms with Crippen LogP contribution in [0.4, 0.5) is 9.59 Å². The van der Waals surface area contributed by atoms with Gasteiger partial charge in [0.2, 0.25) is 0 Å². The summed E-state index contributed by atoms with van der Waals surface area (Å²) in [5.41, 5.74) is -1.25. The molecule has 4 saturated carbocycles. The summed E-state index contributed by atoms with van der Waals surface area (Å²) < 4.78 is 11.4. The van der Waals surface area contributed by atoms with E-state index < -0.39 is 17.3 Å². The van der Waals surface area contributed by atoms with Gasteiger partial charge in [0.05, 0.1) is 11.6 Å². The molecule has 1 heterocycles. The van der Waals surface area contributed by atoms with Crippen LogP contribution in [-0.4, -0.2) is 58.6 Å². The lowest BCUT2D eigenvalue weighted by Crippen LogP contribution is -2.61. The second kappa shape index (κ2) is 7.28. The number of ether oxygens (including phenoxy) is 2. The zero-order chi connectivity index (χ0) is 21.9. The third-order valence-electron chi connectivity index (χ3n) is 7.89. The number of carbonyl (C=O) groups excluding carboxylic acids is 2. The van der Waals surface area contributed by atoms with Crippen molar-refractivity contribution >= 4 is 12.2 Å². The van der Waals surface area contributed by atoms with Gasteiger partial charge in [0.15, 0.2) is 0 Å². The van der Waals surface area contributed by atoms with Gasteiger partial charge in [0.25, 0.3) is 0 Å². The molecule has 5 rings (SSSR count). The fourth-order valence-corrected chi connectivity index (χ4v) is 6.63. The topological polar surface area (TPSA) is 88.1 Å². The third-order valence-corrected chi connectivity index (χ3v) is 7.89. The molecule has 0 aromatic heterocycles.